The van der Waals surface area contributed by atoms with E-state index in [9.17, 15) is 10.1 Å². The van der Waals surface area contributed by atoms with Gasteiger partial charge in [0.05, 0.1) is 17.6 Å². The van der Waals surface area contributed by atoms with Crippen LogP contribution in [-0.2, 0) is 4.74 Å². The molecule has 0 spiro atoms. The molecule has 1 fully saturated rings. The molecule has 1 atom stereocenters. The molecule has 1 aromatic rings. The molecule has 0 saturated heterocycles. The van der Waals surface area contributed by atoms with E-state index in [4.69, 9.17) is 4.74 Å². The van der Waals surface area contributed by atoms with Crippen LogP contribution in [0.1, 0.15) is 44.2 Å². The van der Waals surface area contributed by atoms with Crippen molar-refractivity contribution >= 4 is 5.69 Å². The SMILES string of the molecule is CC(NCCOC1CCCC1)c1ccc([N+](=O)[O-])cc1. The van der Waals surface area contributed by atoms with Crippen molar-refractivity contribution in [3.8, 4) is 0 Å². The minimum absolute atomic E-state index is 0.130. The molecule has 0 radical (unpaired) electrons. The van der Waals surface area contributed by atoms with Gasteiger partial charge in [0.25, 0.3) is 5.69 Å². The zero-order chi connectivity index (χ0) is 14.4. The zero-order valence-electron chi connectivity index (χ0n) is 11.9. The quantitative estimate of drug-likeness (QED) is 0.472. The molecule has 0 amide bonds. The van der Waals surface area contributed by atoms with Crippen LogP contribution >= 0.6 is 0 Å². The first-order valence-electron chi connectivity index (χ1n) is 7.26. The minimum atomic E-state index is -0.378. The summed E-state index contributed by atoms with van der Waals surface area (Å²) in [6.07, 6.45) is 5.41. The topological polar surface area (TPSA) is 64.4 Å². The second kappa shape index (κ2) is 7.36. The standard InChI is InChI=1S/C15H22N2O3/c1-12(13-6-8-14(9-7-13)17(18)19)16-10-11-20-15-4-2-3-5-15/h6-9,12,15-16H,2-5,10-11H2,1H3. The van der Waals surface area contributed by atoms with Gasteiger partial charge in [0.15, 0.2) is 0 Å². The van der Waals surface area contributed by atoms with Gasteiger partial charge >= 0.3 is 0 Å². The van der Waals surface area contributed by atoms with Gasteiger partial charge in [-0.05, 0) is 25.3 Å². The number of ether oxygens (including phenoxy) is 1. The molecule has 0 aromatic heterocycles. The summed E-state index contributed by atoms with van der Waals surface area (Å²) in [7, 11) is 0. The molecule has 1 aromatic carbocycles. The number of nitro benzene ring substituents is 1. The summed E-state index contributed by atoms with van der Waals surface area (Å²) in [5, 5.41) is 14.0. The average Bonchev–Trinajstić information content (AvgIpc) is 2.96. The van der Waals surface area contributed by atoms with Gasteiger partial charge < -0.3 is 10.1 Å². The molecule has 0 heterocycles. The Morgan fingerprint density at radius 1 is 1.35 bits per heavy atom. The van der Waals surface area contributed by atoms with Crippen molar-refractivity contribution < 1.29 is 9.66 Å². The predicted molar refractivity (Wildman–Crippen MR) is 77.7 cm³/mol. The fourth-order valence-electron chi connectivity index (χ4n) is 2.56. The van der Waals surface area contributed by atoms with Crippen molar-refractivity contribution in [1.29, 1.82) is 0 Å². The first-order chi connectivity index (χ1) is 9.66. The van der Waals surface area contributed by atoms with E-state index in [1.165, 1.54) is 25.7 Å². The number of benzene rings is 1. The molecular weight excluding hydrogens is 256 g/mol. The van der Waals surface area contributed by atoms with E-state index < -0.39 is 0 Å². The van der Waals surface area contributed by atoms with Gasteiger partial charge in [-0.3, -0.25) is 10.1 Å². The molecule has 110 valence electrons. The van der Waals surface area contributed by atoms with E-state index in [0.717, 1.165) is 18.7 Å². The Labute approximate surface area is 119 Å². The number of rotatable bonds is 7. The maximum atomic E-state index is 10.6. The fraction of sp³-hybridized carbons (Fsp3) is 0.600. The number of nitrogens with one attached hydrogen (secondary N) is 1. The van der Waals surface area contributed by atoms with Crippen molar-refractivity contribution in [3.05, 3.63) is 39.9 Å². The van der Waals surface area contributed by atoms with Crippen LogP contribution in [0.5, 0.6) is 0 Å². The maximum Gasteiger partial charge on any atom is 0.269 e. The highest BCUT2D eigenvalue weighted by atomic mass is 16.6. The Balaban J connectivity index is 1.70. The molecule has 20 heavy (non-hydrogen) atoms. The first kappa shape index (κ1) is 14.9. The monoisotopic (exact) mass is 278 g/mol. The molecule has 2 rings (SSSR count). The Hall–Kier alpha value is -1.46. The first-order valence-corrected chi connectivity index (χ1v) is 7.26. The summed E-state index contributed by atoms with van der Waals surface area (Å²) < 4.78 is 5.79. The van der Waals surface area contributed by atoms with Gasteiger partial charge in [-0.15, -0.1) is 0 Å². The largest absolute Gasteiger partial charge is 0.377 e. The van der Waals surface area contributed by atoms with E-state index in [2.05, 4.69) is 12.2 Å². The predicted octanol–water partition coefficient (Wildman–Crippen LogP) is 3.20. The van der Waals surface area contributed by atoms with Crippen LogP contribution in [0.4, 0.5) is 5.69 Å². The minimum Gasteiger partial charge on any atom is -0.377 e. The van der Waals surface area contributed by atoms with Crippen LogP contribution in [0.15, 0.2) is 24.3 Å². The van der Waals surface area contributed by atoms with Crippen LogP contribution in [-0.4, -0.2) is 24.2 Å². The van der Waals surface area contributed by atoms with Crippen molar-refractivity contribution in [2.45, 2.75) is 44.8 Å². The third kappa shape index (κ3) is 4.28. The van der Waals surface area contributed by atoms with Crippen LogP contribution in [0, 0.1) is 10.1 Å². The lowest BCUT2D eigenvalue weighted by atomic mass is 10.1. The molecule has 0 aliphatic heterocycles. The van der Waals surface area contributed by atoms with E-state index >= 15 is 0 Å². The number of nitrogens with zero attached hydrogens (tertiary/aromatic N) is 1. The normalized spacial score (nSPS) is 17.2. The number of non-ortho nitro benzene ring substituents is 1. The highest BCUT2D eigenvalue weighted by Gasteiger charge is 2.15. The Kier molecular flexibility index (Phi) is 5.49. The smallest absolute Gasteiger partial charge is 0.269 e. The number of hydrogen-bond acceptors (Lipinski definition) is 4. The second-order valence-corrected chi connectivity index (χ2v) is 5.30. The molecular formula is C15H22N2O3. The van der Waals surface area contributed by atoms with Crippen LogP contribution in [0.2, 0.25) is 0 Å². The molecule has 5 nitrogen and oxygen atoms in total. The lowest BCUT2D eigenvalue weighted by molar-refractivity contribution is -0.384. The highest BCUT2D eigenvalue weighted by molar-refractivity contribution is 5.33. The van der Waals surface area contributed by atoms with E-state index in [1.54, 1.807) is 24.3 Å². The summed E-state index contributed by atoms with van der Waals surface area (Å²) >= 11 is 0. The average molecular weight is 278 g/mol. The third-order valence-corrected chi connectivity index (χ3v) is 3.81. The molecule has 1 aliphatic carbocycles. The van der Waals surface area contributed by atoms with Crippen LogP contribution < -0.4 is 5.32 Å². The Morgan fingerprint density at radius 3 is 2.60 bits per heavy atom. The number of nitro groups is 1. The Bertz CT molecular complexity index is 427. The van der Waals surface area contributed by atoms with Crippen LogP contribution in [0.3, 0.4) is 0 Å². The van der Waals surface area contributed by atoms with Crippen molar-refractivity contribution in [2.75, 3.05) is 13.2 Å². The zero-order valence-corrected chi connectivity index (χ0v) is 11.9. The third-order valence-electron chi connectivity index (χ3n) is 3.81. The molecule has 0 bridgehead atoms. The molecule has 1 unspecified atom stereocenters. The van der Waals surface area contributed by atoms with Gasteiger partial charge in [0.1, 0.15) is 0 Å². The lowest BCUT2D eigenvalue weighted by Gasteiger charge is -2.16. The summed E-state index contributed by atoms with van der Waals surface area (Å²) in [4.78, 5) is 10.2. The molecule has 1 aliphatic rings. The second-order valence-electron chi connectivity index (χ2n) is 5.30. The van der Waals surface area contributed by atoms with Gasteiger partial charge in [-0.1, -0.05) is 25.0 Å². The van der Waals surface area contributed by atoms with Gasteiger partial charge in [-0.2, -0.15) is 0 Å². The van der Waals surface area contributed by atoms with E-state index in [0.29, 0.717) is 6.10 Å². The van der Waals surface area contributed by atoms with E-state index in [-0.39, 0.29) is 16.7 Å². The van der Waals surface area contributed by atoms with Crippen LogP contribution in [0.25, 0.3) is 0 Å². The van der Waals surface area contributed by atoms with Crippen molar-refractivity contribution in [2.24, 2.45) is 0 Å². The fourth-order valence-corrected chi connectivity index (χ4v) is 2.56. The summed E-state index contributed by atoms with van der Waals surface area (Å²) in [6.45, 7) is 3.58. The van der Waals surface area contributed by atoms with Gasteiger partial charge in [-0.25, -0.2) is 0 Å². The highest BCUT2D eigenvalue weighted by Crippen LogP contribution is 2.21. The van der Waals surface area contributed by atoms with E-state index in [1.807, 2.05) is 0 Å². The molecule has 1 N–H and O–H groups in total. The Morgan fingerprint density at radius 2 is 2.00 bits per heavy atom. The van der Waals surface area contributed by atoms with Crippen molar-refractivity contribution in [1.82, 2.24) is 5.32 Å². The van der Waals surface area contributed by atoms with Gasteiger partial charge in [0.2, 0.25) is 0 Å². The lowest BCUT2D eigenvalue weighted by Crippen LogP contribution is -2.25. The summed E-state index contributed by atoms with van der Waals surface area (Å²) in [6, 6.07) is 6.86. The molecule has 5 heteroatoms. The van der Waals surface area contributed by atoms with Crippen molar-refractivity contribution in [3.63, 3.8) is 0 Å². The maximum absolute atomic E-state index is 10.6. The number of hydrogen-bond donors (Lipinski definition) is 1. The van der Waals surface area contributed by atoms with Gasteiger partial charge in [0, 0.05) is 24.7 Å². The summed E-state index contributed by atoms with van der Waals surface area (Å²) in [5.74, 6) is 0. The summed E-state index contributed by atoms with van der Waals surface area (Å²) in [5.41, 5.74) is 1.18. The molecule has 1 saturated carbocycles.